The monoisotopic (exact) mass is 225 g/mol. The normalized spacial score (nSPS) is 10.4. The molecule has 2 aromatic rings. The highest BCUT2D eigenvalue weighted by molar-refractivity contribution is 5.82. The predicted octanol–water partition coefficient (Wildman–Crippen LogP) is 2.55. The van der Waals surface area contributed by atoms with E-state index in [4.69, 9.17) is 5.26 Å². The Balaban J connectivity index is 2.23. The predicted molar refractivity (Wildman–Crippen MR) is 68.4 cm³/mol. The van der Waals surface area contributed by atoms with Crippen LogP contribution in [0.15, 0.2) is 30.3 Å². The number of rotatable bonds is 4. The number of nitrogens with one attached hydrogen (secondary N) is 1. The van der Waals surface area contributed by atoms with Gasteiger partial charge >= 0.3 is 0 Å². The summed E-state index contributed by atoms with van der Waals surface area (Å²) in [6.07, 6.45) is 0.544. The molecule has 0 saturated carbocycles. The van der Waals surface area contributed by atoms with Crippen LogP contribution >= 0.6 is 0 Å². The number of benzene rings is 1. The average Bonchev–Trinajstić information content (AvgIpc) is 2.34. The molecule has 0 aliphatic heterocycles. The molecule has 17 heavy (non-hydrogen) atoms. The molecule has 0 aliphatic carbocycles. The summed E-state index contributed by atoms with van der Waals surface area (Å²) in [6.45, 7) is 3.52. The molecule has 0 unspecified atom stereocenters. The molecule has 1 aromatic carbocycles. The molecule has 0 bridgehead atoms. The van der Waals surface area contributed by atoms with Crippen molar-refractivity contribution in [1.82, 2.24) is 10.3 Å². The second kappa shape index (κ2) is 5.42. The van der Waals surface area contributed by atoms with Gasteiger partial charge in [-0.3, -0.25) is 4.98 Å². The fraction of sp³-hybridized carbons (Fsp3) is 0.286. The third-order valence-electron chi connectivity index (χ3n) is 2.66. The molecular weight excluding hydrogens is 210 g/mol. The molecule has 0 radical (unpaired) electrons. The van der Waals surface area contributed by atoms with Crippen molar-refractivity contribution >= 4 is 10.9 Å². The summed E-state index contributed by atoms with van der Waals surface area (Å²) in [4.78, 5) is 4.50. The van der Waals surface area contributed by atoms with E-state index in [2.05, 4.69) is 28.5 Å². The van der Waals surface area contributed by atoms with Crippen LogP contribution in [-0.4, -0.2) is 11.5 Å². The summed E-state index contributed by atoms with van der Waals surface area (Å²) in [5.41, 5.74) is 3.30. The lowest BCUT2D eigenvalue weighted by molar-refractivity contribution is 0.701. The summed E-state index contributed by atoms with van der Waals surface area (Å²) < 4.78 is 0. The lowest BCUT2D eigenvalue weighted by Gasteiger charge is -2.08. The highest BCUT2D eigenvalue weighted by atomic mass is 14.8. The van der Waals surface area contributed by atoms with Gasteiger partial charge in [0.05, 0.1) is 11.6 Å². The van der Waals surface area contributed by atoms with E-state index in [0.29, 0.717) is 6.42 Å². The molecular formula is C14H15N3. The van der Waals surface area contributed by atoms with E-state index in [9.17, 15) is 0 Å². The Hall–Kier alpha value is -1.92. The minimum absolute atomic E-state index is 0.544. The maximum absolute atomic E-state index is 8.48. The highest BCUT2D eigenvalue weighted by Crippen LogP contribution is 2.17. The van der Waals surface area contributed by atoms with Crippen molar-refractivity contribution in [2.75, 3.05) is 6.54 Å². The SMILES string of the molecule is Cc1cc(CNCCC#N)c2ccccc2n1. The summed E-state index contributed by atoms with van der Waals surface area (Å²) in [6, 6.07) is 12.4. The zero-order valence-electron chi connectivity index (χ0n) is 9.90. The molecule has 0 fully saturated rings. The number of pyridine rings is 1. The summed E-state index contributed by atoms with van der Waals surface area (Å²) in [7, 11) is 0. The minimum atomic E-state index is 0.544. The Morgan fingerprint density at radius 2 is 2.18 bits per heavy atom. The first kappa shape index (κ1) is 11.6. The van der Waals surface area contributed by atoms with E-state index < -0.39 is 0 Å². The first-order chi connectivity index (χ1) is 8.31. The molecule has 3 nitrogen and oxygen atoms in total. The number of aryl methyl sites for hydroxylation is 1. The van der Waals surface area contributed by atoms with Gasteiger partial charge in [0.25, 0.3) is 0 Å². The van der Waals surface area contributed by atoms with E-state index >= 15 is 0 Å². The number of para-hydroxylation sites is 1. The lowest BCUT2D eigenvalue weighted by atomic mass is 10.1. The fourth-order valence-electron chi connectivity index (χ4n) is 1.91. The van der Waals surface area contributed by atoms with Crippen molar-refractivity contribution in [3.05, 3.63) is 41.6 Å². The third kappa shape index (κ3) is 2.80. The zero-order valence-corrected chi connectivity index (χ0v) is 9.90. The van der Waals surface area contributed by atoms with Crippen LogP contribution in [0.4, 0.5) is 0 Å². The van der Waals surface area contributed by atoms with Crippen molar-refractivity contribution < 1.29 is 0 Å². The summed E-state index contributed by atoms with van der Waals surface area (Å²) in [5.74, 6) is 0. The maximum Gasteiger partial charge on any atom is 0.0708 e. The first-order valence-corrected chi connectivity index (χ1v) is 5.74. The molecule has 0 aliphatic rings. The Morgan fingerprint density at radius 1 is 1.35 bits per heavy atom. The van der Waals surface area contributed by atoms with E-state index in [0.717, 1.165) is 24.3 Å². The number of nitriles is 1. The largest absolute Gasteiger partial charge is 0.312 e. The van der Waals surface area contributed by atoms with E-state index in [-0.39, 0.29) is 0 Å². The smallest absolute Gasteiger partial charge is 0.0708 e. The fourth-order valence-corrected chi connectivity index (χ4v) is 1.91. The topological polar surface area (TPSA) is 48.7 Å². The van der Waals surface area contributed by atoms with Gasteiger partial charge in [0.15, 0.2) is 0 Å². The van der Waals surface area contributed by atoms with Gasteiger partial charge in [-0.25, -0.2) is 0 Å². The molecule has 2 rings (SSSR count). The van der Waals surface area contributed by atoms with Gasteiger partial charge in [-0.15, -0.1) is 0 Å². The van der Waals surface area contributed by atoms with Gasteiger partial charge in [-0.2, -0.15) is 5.26 Å². The van der Waals surface area contributed by atoms with Crippen molar-refractivity contribution in [2.45, 2.75) is 19.9 Å². The van der Waals surface area contributed by atoms with Gasteiger partial charge < -0.3 is 5.32 Å². The Morgan fingerprint density at radius 3 is 3.00 bits per heavy atom. The molecule has 0 amide bonds. The number of hydrogen-bond acceptors (Lipinski definition) is 3. The van der Waals surface area contributed by atoms with Crippen LogP contribution in [0.2, 0.25) is 0 Å². The van der Waals surface area contributed by atoms with Gasteiger partial charge in [-0.1, -0.05) is 18.2 Å². The Kier molecular flexibility index (Phi) is 3.69. The summed E-state index contributed by atoms with van der Waals surface area (Å²) >= 11 is 0. The van der Waals surface area contributed by atoms with Crippen molar-refractivity contribution in [2.24, 2.45) is 0 Å². The Bertz CT molecular complexity index is 555. The Labute approximate surface area is 101 Å². The van der Waals surface area contributed by atoms with Crippen LogP contribution in [0.25, 0.3) is 10.9 Å². The maximum atomic E-state index is 8.48. The average molecular weight is 225 g/mol. The van der Waals surface area contributed by atoms with Gasteiger partial charge in [0, 0.05) is 30.6 Å². The number of hydrogen-bond donors (Lipinski definition) is 1. The quantitative estimate of drug-likeness (QED) is 0.813. The van der Waals surface area contributed by atoms with Crippen LogP contribution in [0, 0.1) is 18.3 Å². The van der Waals surface area contributed by atoms with Crippen LogP contribution in [0.5, 0.6) is 0 Å². The molecule has 86 valence electrons. The van der Waals surface area contributed by atoms with Crippen LogP contribution < -0.4 is 5.32 Å². The van der Waals surface area contributed by atoms with Crippen molar-refractivity contribution in [3.63, 3.8) is 0 Å². The van der Waals surface area contributed by atoms with Gasteiger partial charge in [0.1, 0.15) is 0 Å². The highest BCUT2D eigenvalue weighted by Gasteiger charge is 2.02. The molecule has 0 spiro atoms. The first-order valence-electron chi connectivity index (χ1n) is 5.74. The molecule has 0 atom stereocenters. The molecule has 1 N–H and O–H groups in total. The molecule has 0 saturated heterocycles. The van der Waals surface area contributed by atoms with E-state index in [1.165, 1.54) is 10.9 Å². The van der Waals surface area contributed by atoms with Crippen LogP contribution in [-0.2, 0) is 6.54 Å². The van der Waals surface area contributed by atoms with Gasteiger partial charge in [0.2, 0.25) is 0 Å². The minimum Gasteiger partial charge on any atom is -0.312 e. The second-order valence-electron chi connectivity index (χ2n) is 4.02. The van der Waals surface area contributed by atoms with Crippen LogP contribution in [0.3, 0.4) is 0 Å². The number of aromatic nitrogens is 1. The summed E-state index contributed by atoms with van der Waals surface area (Å²) in [5, 5.41) is 12.9. The molecule has 1 heterocycles. The van der Waals surface area contributed by atoms with E-state index in [1.54, 1.807) is 0 Å². The zero-order chi connectivity index (χ0) is 12.1. The van der Waals surface area contributed by atoms with Crippen LogP contribution in [0.1, 0.15) is 17.7 Å². The number of fused-ring (bicyclic) bond motifs is 1. The molecule has 1 aromatic heterocycles. The molecule has 3 heteroatoms. The standard InChI is InChI=1S/C14H15N3/c1-11-9-12(10-16-8-4-7-15)13-5-2-3-6-14(13)17-11/h2-3,5-6,9,16H,4,8,10H2,1H3. The van der Waals surface area contributed by atoms with Crippen molar-refractivity contribution in [3.8, 4) is 6.07 Å². The lowest BCUT2D eigenvalue weighted by Crippen LogP contribution is -2.14. The third-order valence-corrected chi connectivity index (χ3v) is 2.66. The second-order valence-corrected chi connectivity index (χ2v) is 4.02. The number of nitrogens with zero attached hydrogens (tertiary/aromatic N) is 2. The van der Waals surface area contributed by atoms with Gasteiger partial charge in [-0.05, 0) is 24.6 Å². The van der Waals surface area contributed by atoms with E-state index in [1.807, 2.05) is 25.1 Å². The van der Waals surface area contributed by atoms with Crippen molar-refractivity contribution in [1.29, 1.82) is 5.26 Å².